The number of urea groups is 1. The number of piperazine rings is 1. The average Bonchev–Trinajstić information content (AvgIpc) is 3.12. The van der Waals surface area contributed by atoms with Gasteiger partial charge in [-0.15, -0.1) is 0 Å². The Morgan fingerprint density at radius 3 is 2.52 bits per heavy atom. The molecule has 7 nitrogen and oxygen atoms in total. The van der Waals surface area contributed by atoms with Crippen LogP contribution >= 0.6 is 11.3 Å². The molecule has 0 atom stereocenters. The van der Waals surface area contributed by atoms with Crippen molar-refractivity contribution in [2.24, 2.45) is 0 Å². The normalized spacial score (nSPS) is 19.8. The van der Waals surface area contributed by atoms with Crippen molar-refractivity contribution in [3.05, 3.63) is 22.4 Å². The van der Waals surface area contributed by atoms with E-state index >= 15 is 0 Å². The van der Waals surface area contributed by atoms with Crippen molar-refractivity contribution in [3.8, 4) is 0 Å². The first-order valence-electron chi connectivity index (χ1n) is 7.61. The lowest BCUT2D eigenvalue weighted by molar-refractivity contribution is -0.137. The van der Waals surface area contributed by atoms with Gasteiger partial charge in [-0.25, -0.2) is 4.79 Å². The van der Waals surface area contributed by atoms with Crippen LogP contribution in [-0.2, 0) is 16.1 Å². The maximum Gasteiger partial charge on any atom is 0.327 e. The average molecular weight is 336 g/mol. The number of nitrogens with zero attached hydrogens (tertiary/aromatic N) is 4. The summed E-state index contributed by atoms with van der Waals surface area (Å²) in [5.74, 6) is -0.459. The molecule has 23 heavy (non-hydrogen) atoms. The van der Waals surface area contributed by atoms with E-state index in [4.69, 9.17) is 0 Å². The number of carbonyl (C=O) groups excluding carboxylic acids is 3. The van der Waals surface area contributed by atoms with Crippen LogP contribution in [0, 0.1) is 0 Å². The van der Waals surface area contributed by atoms with Gasteiger partial charge in [-0.05, 0) is 22.4 Å². The topological polar surface area (TPSA) is 64.2 Å². The van der Waals surface area contributed by atoms with E-state index in [1.54, 1.807) is 23.3 Å². The zero-order valence-electron chi connectivity index (χ0n) is 13.1. The lowest BCUT2D eigenvalue weighted by Gasteiger charge is -2.35. The van der Waals surface area contributed by atoms with Crippen LogP contribution in [0.25, 0.3) is 0 Å². The summed E-state index contributed by atoms with van der Waals surface area (Å²) in [6, 6.07) is 1.72. The van der Waals surface area contributed by atoms with Gasteiger partial charge in [-0.1, -0.05) is 0 Å². The molecule has 2 aliphatic rings. The maximum absolute atomic E-state index is 12.3. The summed E-state index contributed by atoms with van der Waals surface area (Å²) >= 11 is 1.69. The Morgan fingerprint density at radius 1 is 1.22 bits per heavy atom. The Morgan fingerprint density at radius 2 is 1.96 bits per heavy atom. The molecule has 1 aromatic heterocycles. The molecular weight excluding hydrogens is 316 g/mol. The minimum atomic E-state index is -0.389. The molecule has 2 aliphatic heterocycles. The molecule has 8 heteroatoms. The SMILES string of the molecule is CN1CC(=O)N(CC(=O)N2CCN(Cc3ccsc3)CC2)C1=O. The zero-order chi connectivity index (χ0) is 16.4. The Bertz CT molecular complexity index is 596. The van der Waals surface area contributed by atoms with Crippen LogP contribution in [0.1, 0.15) is 5.56 Å². The molecule has 3 heterocycles. The van der Waals surface area contributed by atoms with E-state index in [-0.39, 0.29) is 30.9 Å². The molecule has 3 rings (SSSR count). The first-order chi connectivity index (χ1) is 11.0. The van der Waals surface area contributed by atoms with Gasteiger partial charge < -0.3 is 9.80 Å². The first kappa shape index (κ1) is 15.9. The number of amides is 4. The van der Waals surface area contributed by atoms with Gasteiger partial charge in [0.2, 0.25) is 5.91 Å². The fourth-order valence-corrected chi connectivity index (χ4v) is 3.52. The largest absolute Gasteiger partial charge is 0.339 e. The van der Waals surface area contributed by atoms with Crippen LogP contribution in [0.3, 0.4) is 0 Å². The number of likely N-dealkylation sites (N-methyl/N-ethyl adjacent to an activating group) is 1. The van der Waals surface area contributed by atoms with Crippen molar-refractivity contribution in [3.63, 3.8) is 0 Å². The molecule has 2 fully saturated rings. The minimum Gasteiger partial charge on any atom is -0.339 e. The van der Waals surface area contributed by atoms with Crippen molar-refractivity contribution in [1.29, 1.82) is 0 Å². The summed E-state index contributed by atoms with van der Waals surface area (Å²) < 4.78 is 0. The van der Waals surface area contributed by atoms with Crippen molar-refractivity contribution >= 4 is 29.2 Å². The van der Waals surface area contributed by atoms with Gasteiger partial charge in [0.15, 0.2) is 0 Å². The van der Waals surface area contributed by atoms with Crippen LogP contribution in [0.2, 0.25) is 0 Å². The molecule has 124 valence electrons. The van der Waals surface area contributed by atoms with E-state index in [0.717, 1.165) is 24.5 Å². The molecular formula is C15H20N4O3S. The van der Waals surface area contributed by atoms with E-state index in [9.17, 15) is 14.4 Å². The molecule has 0 aliphatic carbocycles. The fraction of sp³-hybridized carbons (Fsp3) is 0.533. The monoisotopic (exact) mass is 336 g/mol. The van der Waals surface area contributed by atoms with Crippen molar-refractivity contribution in [2.45, 2.75) is 6.54 Å². The number of thiophene rings is 1. The van der Waals surface area contributed by atoms with Gasteiger partial charge in [0, 0.05) is 39.8 Å². The summed E-state index contributed by atoms with van der Waals surface area (Å²) in [6.07, 6.45) is 0. The molecule has 0 radical (unpaired) electrons. The van der Waals surface area contributed by atoms with Gasteiger partial charge in [0.25, 0.3) is 5.91 Å². The summed E-state index contributed by atoms with van der Waals surface area (Å²) in [4.78, 5) is 42.3. The molecule has 0 unspecified atom stereocenters. The summed E-state index contributed by atoms with van der Waals surface area (Å²) in [6.45, 7) is 3.70. The summed E-state index contributed by atoms with van der Waals surface area (Å²) in [5, 5.41) is 4.20. The highest BCUT2D eigenvalue weighted by molar-refractivity contribution is 7.07. The molecule has 0 aromatic carbocycles. The molecule has 4 amide bonds. The number of hydrogen-bond acceptors (Lipinski definition) is 5. The lowest BCUT2D eigenvalue weighted by atomic mass is 10.2. The Kier molecular flexibility index (Phi) is 4.63. The second-order valence-corrected chi connectivity index (χ2v) is 6.69. The second kappa shape index (κ2) is 6.67. The fourth-order valence-electron chi connectivity index (χ4n) is 2.86. The van der Waals surface area contributed by atoms with Crippen LogP contribution < -0.4 is 0 Å². The first-order valence-corrected chi connectivity index (χ1v) is 8.55. The highest BCUT2D eigenvalue weighted by Crippen LogP contribution is 2.13. The van der Waals surface area contributed by atoms with E-state index in [2.05, 4.69) is 21.7 Å². The number of rotatable bonds is 4. The molecule has 0 spiro atoms. The van der Waals surface area contributed by atoms with Crippen LogP contribution in [0.5, 0.6) is 0 Å². The van der Waals surface area contributed by atoms with Crippen LogP contribution in [0.4, 0.5) is 4.79 Å². The second-order valence-electron chi connectivity index (χ2n) is 5.91. The minimum absolute atomic E-state index is 0.0561. The van der Waals surface area contributed by atoms with E-state index < -0.39 is 0 Å². The summed E-state index contributed by atoms with van der Waals surface area (Å²) in [7, 11) is 1.56. The van der Waals surface area contributed by atoms with Gasteiger partial charge in [-0.2, -0.15) is 11.3 Å². The third kappa shape index (κ3) is 3.53. The Hall–Kier alpha value is -1.93. The van der Waals surface area contributed by atoms with Gasteiger partial charge in [-0.3, -0.25) is 19.4 Å². The van der Waals surface area contributed by atoms with Crippen molar-refractivity contribution < 1.29 is 14.4 Å². The third-order valence-corrected chi connectivity index (χ3v) is 4.97. The van der Waals surface area contributed by atoms with E-state index in [0.29, 0.717) is 13.1 Å². The lowest BCUT2D eigenvalue weighted by Crippen LogP contribution is -2.51. The molecule has 0 saturated carbocycles. The van der Waals surface area contributed by atoms with E-state index in [1.807, 2.05) is 0 Å². The number of imide groups is 1. The van der Waals surface area contributed by atoms with Crippen molar-refractivity contribution in [1.82, 2.24) is 19.6 Å². The van der Waals surface area contributed by atoms with Crippen molar-refractivity contribution in [2.75, 3.05) is 46.3 Å². The quantitative estimate of drug-likeness (QED) is 0.741. The van der Waals surface area contributed by atoms with Crippen LogP contribution in [-0.4, -0.2) is 83.8 Å². The highest BCUT2D eigenvalue weighted by atomic mass is 32.1. The molecule has 0 bridgehead atoms. The Labute approximate surface area is 139 Å². The maximum atomic E-state index is 12.3. The zero-order valence-corrected chi connectivity index (χ0v) is 13.9. The van der Waals surface area contributed by atoms with Gasteiger partial charge in [0.05, 0.1) is 0 Å². The Balaban J connectivity index is 1.48. The van der Waals surface area contributed by atoms with E-state index in [1.165, 1.54) is 10.5 Å². The molecule has 2 saturated heterocycles. The standard InChI is InChI=1S/C15H20N4O3S/c1-16-9-14(21)19(15(16)22)10-13(20)18-5-3-17(4-6-18)8-12-2-7-23-11-12/h2,7,11H,3-6,8-10H2,1H3. The molecule has 1 aromatic rings. The predicted molar refractivity (Wildman–Crippen MR) is 85.9 cm³/mol. The van der Waals surface area contributed by atoms with Gasteiger partial charge in [0.1, 0.15) is 13.1 Å². The third-order valence-electron chi connectivity index (χ3n) is 4.24. The summed E-state index contributed by atoms with van der Waals surface area (Å²) in [5.41, 5.74) is 1.30. The number of carbonyl (C=O) groups is 3. The smallest absolute Gasteiger partial charge is 0.327 e. The van der Waals surface area contributed by atoms with Crippen LogP contribution in [0.15, 0.2) is 16.8 Å². The highest BCUT2D eigenvalue weighted by Gasteiger charge is 2.36. The van der Waals surface area contributed by atoms with Gasteiger partial charge >= 0.3 is 6.03 Å². The number of hydrogen-bond donors (Lipinski definition) is 0. The predicted octanol–water partition coefficient (Wildman–Crippen LogP) is 0.286. The molecule has 0 N–H and O–H groups in total.